The summed E-state index contributed by atoms with van der Waals surface area (Å²) in [6.45, 7) is 2.00. The van der Waals surface area contributed by atoms with E-state index < -0.39 is 0 Å². The molecule has 0 radical (unpaired) electrons. The van der Waals surface area contributed by atoms with E-state index in [1.165, 1.54) is 0 Å². The lowest BCUT2D eigenvalue weighted by Crippen LogP contribution is -2.15. The van der Waals surface area contributed by atoms with Crippen LogP contribution < -0.4 is 10.1 Å². The highest BCUT2D eigenvalue weighted by atomic mass is 16.5. The summed E-state index contributed by atoms with van der Waals surface area (Å²) in [5, 5.41) is 11.8. The zero-order chi connectivity index (χ0) is 11.3. The number of ether oxygens (including phenoxy) is 1. The third-order valence-electron chi connectivity index (χ3n) is 2.47. The second kappa shape index (κ2) is 5.38. The molecule has 0 spiro atoms. The maximum Gasteiger partial charge on any atom is 0.121 e. The van der Waals surface area contributed by atoms with Gasteiger partial charge in [-0.2, -0.15) is 5.26 Å². The Hall–Kier alpha value is -1.53. The van der Waals surface area contributed by atoms with Gasteiger partial charge in [0.25, 0.3) is 0 Å². The number of aryl methyl sites for hydroxylation is 1. The van der Waals surface area contributed by atoms with Crippen LogP contribution in [0, 0.1) is 18.3 Å². The van der Waals surface area contributed by atoms with Crippen LogP contribution in [0.15, 0.2) is 18.2 Å². The fraction of sp³-hybridized carbons (Fsp3) is 0.417. The molecule has 80 valence electrons. The monoisotopic (exact) mass is 204 g/mol. The number of rotatable bonds is 4. The van der Waals surface area contributed by atoms with E-state index in [1.54, 1.807) is 7.11 Å². The van der Waals surface area contributed by atoms with Crippen LogP contribution in [0.4, 0.5) is 0 Å². The average molecular weight is 204 g/mol. The Labute approximate surface area is 90.7 Å². The molecule has 1 rings (SSSR count). The highest BCUT2D eigenvalue weighted by Gasteiger charge is 2.09. The lowest BCUT2D eigenvalue weighted by atomic mass is 10.0. The van der Waals surface area contributed by atoms with Crippen molar-refractivity contribution < 1.29 is 4.74 Å². The van der Waals surface area contributed by atoms with Gasteiger partial charge in [0, 0.05) is 6.04 Å². The number of nitrogens with zero attached hydrogens (tertiary/aromatic N) is 1. The Morgan fingerprint density at radius 2 is 2.27 bits per heavy atom. The summed E-state index contributed by atoms with van der Waals surface area (Å²) in [5.41, 5.74) is 2.21. The summed E-state index contributed by atoms with van der Waals surface area (Å²) >= 11 is 0. The Morgan fingerprint density at radius 1 is 1.53 bits per heavy atom. The van der Waals surface area contributed by atoms with Gasteiger partial charge in [-0.25, -0.2) is 0 Å². The third-order valence-corrected chi connectivity index (χ3v) is 2.47. The van der Waals surface area contributed by atoms with E-state index >= 15 is 0 Å². The van der Waals surface area contributed by atoms with Crippen molar-refractivity contribution in [3.05, 3.63) is 29.3 Å². The molecule has 0 aliphatic carbocycles. The van der Waals surface area contributed by atoms with Gasteiger partial charge in [0.1, 0.15) is 5.75 Å². The Morgan fingerprint density at radius 3 is 2.73 bits per heavy atom. The smallest absolute Gasteiger partial charge is 0.121 e. The maximum atomic E-state index is 8.68. The normalized spacial score (nSPS) is 11.9. The van der Waals surface area contributed by atoms with E-state index in [0.29, 0.717) is 6.42 Å². The predicted octanol–water partition coefficient (Wildman–Crippen LogP) is 2.18. The third kappa shape index (κ3) is 2.71. The molecule has 0 aliphatic heterocycles. The Kier molecular flexibility index (Phi) is 4.14. The van der Waals surface area contributed by atoms with Crippen molar-refractivity contribution in [1.82, 2.24) is 5.32 Å². The quantitative estimate of drug-likeness (QED) is 0.817. The lowest BCUT2D eigenvalue weighted by Gasteiger charge is -2.14. The number of hydrogen-bond acceptors (Lipinski definition) is 3. The van der Waals surface area contributed by atoms with Gasteiger partial charge in [0.2, 0.25) is 0 Å². The molecule has 0 aromatic heterocycles. The Balaban J connectivity index is 2.95. The molecule has 0 fully saturated rings. The van der Waals surface area contributed by atoms with Crippen molar-refractivity contribution in [2.45, 2.75) is 19.4 Å². The molecule has 0 saturated carbocycles. The molecule has 0 amide bonds. The highest BCUT2D eigenvalue weighted by Crippen LogP contribution is 2.23. The second-order valence-electron chi connectivity index (χ2n) is 3.43. The van der Waals surface area contributed by atoms with Crippen LogP contribution >= 0.6 is 0 Å². The van der Waals surface area contributed by atoms with E-state index in [2.05, 4.69) is 17.5 Å². The highest BCUT2D eigenvalue weighted by molar-refractivity contribution is 5.37. The maximum absolute atomic E-state index is 8.68. The topological polar surface area (TPSA) is 45.0 Å². The molecule has 1 aromatic rings. The molecule has 1 N–H and O–H groups in total. The molecule has 1 aromatic carbocycles. The van der Waals surface area contributed by atoms with Gasteiger partial charge in [-0.3, -0.25) is 0 Å². The van der Waals surface area contributed by atoms with Crippen LogP contribution in [0.2, 0.25) is 0 Å². The van der Waals surface area contributed by atoms with Crippen LogP contribution in [0.25, 0.3) is 0 Å². The van der Waals surface area contributed by atoms with Gasteiger partial charge in [-0.15, -0.1) is 0 Å². The number of nitriles is 1. The minimum Gasteiger partial charge on any atom is -0.496 e. The van der Waals surface area contributed by atoms with Gasteiger partial charge < -0.3 is 10.1 Å². The van der Waals surface area contributed by atoms with Crippen molar-refractivity contribution in [2.75, 3.05) is 14.2 Å². The summed E-state index contributed by atoms with van der Waals surface area (Å²) in [6.07, 6.45) is 0.474. The molecule has 1 unspecified atom stereocenters. The number of nitrogens with one attached hydrogen (secondary N) is 1. The van der Waals surface area contributed by atoms with Crippen molar-refractivity contribution in [3.63, 3.8) is 0 Å². The molecule has 0 bridgehead atoms. The van der Waals surface area contributed by atoms with Gasteiger partial charge in [-0.05, 0) is 31.2 Å². The Bertz CT molecular complexity index is 368. The zero-order valence-electron chi connectivity index (χ0n) is 9.37. The predicted molar refractivity (Wildman–Crippen MR) is 59.8 cm³/mol. The molecule has 3 heteroatoms. The van der Waals surface area contributed by atoms with Gasteiger partial charge in [0.05, 0.1) is 19.6 Å². The number of benzene rings is 1. The zero-order valence-corrected chi connectivity index (χ0v) is 9.37. The van der Waals surface area contributed by atoms with Crippen molar-refractivity contribution in [3.8, 4) is 11.8 Å². The van der Waals surface area contributed by atoms with Crippen LogP contribution in [0.1, 0.15) is 23.6 Å². The molecule has 0 aliphatic rings. The summed E-state index contributed by atoms with van der Waals surface area (Å²) in [5.74, 6) is 0.880. The minimum atomic E-state index is 0.0969. The first-order valence-corrected chi connectivity index (χ1v) is 4.91. The fourth-order valence-electron chi connectivity index (χ4n) is 1.60. The number of hydrogen-bond donors (Lipinski definition) is 1. The van der Waals surface area contributed by atoms with Gasteiger partial charge in [0.15, 0.2) is 0 Å². The van der Waals surface area contributed by atoms with Crippen molar-refractivity contribution >= 4 is 0 Å². The van der Waals surface area contributed by atoms with Crippen LogP contribution in [0.5, 0.6) is 5.75 Å². The molecular weight excluding hydrogens is 188 g/mol. The lowest BCUT2D eigenvalue weighted by molar-refractivity contribution is 0.411. The molecule has 1 atom stereocenters. The SMILES string of the molecule is CNC(CC#N)c1ccc(OC)c(C)c1. The van der Waals surface area contributed by atoms with E-state index in [9.17, 15) is 0 Å². The van der Waals surface area contributed by atoms with Crippen molar-refractivity contribution in [2.24, 2.45) is 0 Å². The summed E-state index contributed by atoms with van der Waals surface area (Å²) in [4.78, 5) is 0. The van der Waals surface area contributed by atoms with Gasteiger partial charge in [-0.1, -0.05) is 12.1 Å². The number of methoxy groups -OCH3 is 1. The van der Waals surface area contributed by atoms with Crippen LogP contribution in [-0.2, 0) is 0 Å². The van der Waals surface area contributed by atoms with Crippen molar-refractivity contribution in [1.29, 1.82) is 5.26 Å². The van der Waals surface area contributed by atoms with E-state index in [4.69, 9.17) is 10.00 Å². The first-order valence-electron chi connectivity index (χ1n) is 4.91. The first kappa shape index (κ1) is 11.5. The first-order chi connectivity index (χ1) is 7.22. The summed E-state index contributed by atoms with van der Waals surface area (Å²) < 4.78 is 5.19. The fourth-order valence-corrected chi connectivity index (χ4v) is 1.60. The van der Waals surface area contributed by atoms with Gasteiger partial charge >= 0.3 is 0 Å². The standard InChI is InChI=1S/C12H16N2O/c1-9-8-10(4-5-12(9)15-3)11(14-2)6-7-13/h4-5,8,11,14H,6H2,1-3H3. The molecule has 15 heavy (non-hydrogen) atoms. The van der Waals surface area contributed by atoms with E-state index in [0.717, 1.165) is 16.9 Å². The van der Waals surface area contributed by atoms with Crippen LogP contribution in [-0.4, -0.2) is 14.2 Å². The summed E-state index contributed by atoms with van der Waals surface area (Å²) in [6, 6.07) is 8.25. The summed E-state index contributed by atoms with van der Waals surface area (Å²) in [7, 11) is 3.52. The molecule has 0 heterocycles. The largest absolute Gasteiger partial charge is 0.496 e. The van der Waals surface area contributed by atoms with Crippen LogP contribution in [0.3, 0.4) is 0 Å². The van der Waals surface area contributed by atoms with E-state index in [-0.39, 0.29) is 6.04 Å². The average Bonchev–Trinajstić information content (AvgIpc) is 2.25. The molecule has 3 nitrogen and oxygen atoms in total. The molecule has 0 saturated heterocycles. The van der Waals surface area contributed by atoms with E-state index in [1.807, 2.05) is 26.1 Å². The molecular formula is C12H16N2O. The second-order valence-corrected chi connectivity index (χ2v) is 3.43. The minimum absolute atomic E-state index is 0.0969.